The van der Waals surface area contributed by atoms with E-state index in [1.54, 1.807) is 0 Å². The molecule has 0 radical (unpaired) electrons. The fourth-order valence-corrected chi connectivity index (χ4v) is 1.62. The van der Waals surface area contributed by atoms with Gasteiger partial charge in [0.15, 0.2) is 0 Å². The first-order chi connectivity index (χ1) is 7.77. The third kappa shape index (κ3) is 4.03. The van der Waals surface area contributed by atoms with Crippen molar-refractivity contribution in [2.24, 2.45) is 0 Å². The largest absolute Gasteiger partial charge is 0.432 e. The monoisotopic (exact) mass is 235 g/mol. The van der Waals surface area contributed by atoms with Crippen molar-refractivity contribution in [2.45, 2.75) is 13.8 Å². The van der Waals surface area contributed by atoms with E-state index in [1.165, 1.54) is 0 Å². The van der Waals surface area contributed by atoms with Crippen LogP contribution >= 0.6 is 12.2 Å². The van der Waals surface area contributed by atoms with Crippen LogP contribution < -0.4 is 0 Å². The topological polar surface area (TPSA) is 12.5 Å². The first-order valence-corrected chi connectivity index (χ1v) is 5.87. The zero-order chi connectivity index (χ0) is 11.8. The Balaban J connectivity index is 2.62. The van der Waals surface area contributed by atoms with E-state index in [0.29, 0.717) is 5.17 Å². The van der Waals surface area contributed by atoms with Crippen molar-refractivity contribution >= 4 is 17.4 Å². The Bertz CT molecular complexity index is 349. The summed E-state index contributed by atoms with van der Waals surface area (Å²) >= 11 is 5.22. The maximum atomic E-state index is 5.62. The molecule has 0 bridgehead atoms. The fraction of sp³-hybridized carbons (Fsp3) is 0.308. The molecule has 3 heteroatoms. The van der Waals surface area contributed by atoms with Crippen molar-refractivity contribution in [3.63, 3.8) is 0 Å². The van der Waals surface area contributed by atoms with Crippen LogP contribution in [0.15, 0.2) is 48.3 Å². The summed E-state index contributed by atoms with van der Waals surface area (Å²) in [6, 6.07) is 0. The summed E-state index contributed by atoms with van der Waals surface area (Å²) in [5.41, 5.74) is 0. The first-order valence-electron chi connectivity index (χ1n) is 5.46. The summed E-state index contributed by atoms with van der Waals surface area (Å²) in [6.07, 6.45) is 13.5. The standard InChI is InChI=1S/C13H17NOS/c1-3-14(4-2)13(16)15-12-10-8-6-5-7-9-11-12/h5-11H,3-4H2,1-2H3/b6-5-,7-5?,8-6?,9-7-,10-8-,11-9?,12-10?,12-11+. The third-order valence-electron chi connectivity index (χ3n) is 2.19. The van der Waals surface area contributed by atoms with Gasteiger partial charge >= 0.3 is 0 Å². The minimum absolute atomic E-state index is 0.527. The lowest BCUT2D eigenvalue weighted by atomic mass is 10.3. The van der Waals surface area contributed by atoms with Crippen molar-refractivity contribution in [2.75, 3.05) is 13.1 Å². The maximum Gasteiger partial charge on any atom is 0.264 e. The van der Waals surface area contributed by atoms with E-state index in [0.717, 1.165) is 18.8 Å². The van der Waals surface area contributed by atoms with Gasteiger partial charge < -0.3 is 9.64 Å². The second-order valence-corrected chi connectivity index (χ2v) is 3.59. The van der Waals surface area contributed by atoms with E-state index >= 15 is 0 Å². The molecular weight excluding hydrogens is 218 g/mol. The molecule has 0 fully saturated rings. The zero-order valence-corrected chi connectivity index (χ0v) is 10.5. The highest BCUT2D eigenvalue weighted by molar-refractivity contribution is 7.80. The molecule has 0 N–H and O–H groups in total. The van der Waals surface area contributed by atoms with Crippen LogP contribution in [-0.4, -0.2) is 23.2 Å². The molecule has 1 aliphatic rings. The Morgan fingerprint density at radius 2 is 1.75 bits per heavy atom. The number of hydrogen-bond acceptors (Lipinski definition) is 2. The summed E-state index contributed by atoms with van der Waals surface area (Å²) in [5.74, 6) is 0.762. The van der Waals surface area contributed by atoms with Gasteiger partial charge in [0.1, 0.15) is 5.76 Å². The average Bonchev–Trinajstić information content (AvgIpc) is 2.23. The molecule has 0 spiro atoms. The fourth-order valence-electron chi connectivity index (χ4n) is 1.26. The molecule has 0 amide bonds. The molecule has 0 atom stereocenters. The maximum absolute atomic E-state index is 5.62. The molecular formula is C13H17NOS. The molecule has 86 valence electrons. The highest BCUT2D eigenvalue weighted by Gasteiger charge is 2.07. The number of nitrogens with zero attached hydrogens (tertiary/aromatic N) is 1. The molecule has 0 unspecified atom stereocenters. The van der Waals surface area contributed by atoms with Crippen LogP contribution in [0.25, 0.3) is 0 Å². The molecule has 0 heterocycles. The third-order valence-corrected chi connectivity index (χ3v) is 2.53. The van der Waals surface area contributed by atoms with Crippen molar-refractivity contribution in [1.29, 1.82) is 0 Å². The van der Waals surface area contributed by atoms with Crippen LogP contribution in [0, 0.1) is 0 Å². The summed E-state index contributed by atoms with van der Waals surface area (Å²) in [5, 5.41) is 0.527. The Labute approximate surface area is 103 Å². The normalized spacial score (nSPS) is 23.2. The SMILES string of the molecule is CCN(CC)C(=S)OC1=C/C=C\C=C/C=C\1. The second kappa shape index (κ2) is 7.01. The number of hydrogen-bond donors (Lipinski definition) is 0. The van der Waals surface area contributed by atoms with Crippen LogP contribution in [0.2, 0.25) is 0 Å². The van der Waals surface area contributed by atoms with Crippen LogP contribution in [-0.2, 0) is 4.74 Å². The number of rotatable bonds is 3. The van der Waals surface area contributed by atoms with E-state index in [1.807, 2.05) is 47.4 Å². The molecule has 0 saturated carbocycles. The molecule has 1 rings (SSSR count). The predicted octanol–water partition coefficient (Wildman–Crippen LogP) is 3.20. The van der Waals surface area contributed by atoms with Gasteiger partial charge in [-0.05, 0) is 38.2 Å². The van der Waals surface area contributed by atoms with Gasteiger partial charge in [0.2, 0.25) is 0 Å². The summed E-state index contributed by atoms with van der Waals surface area (Å²) in [4.78, 5) is 2.00. The molecule has 16 heavy (non-hydrogen) atoms. The summed E-state index contributed by atoms with van der Waals surface area (Å²) in [7, 11) is 0. The average molecular weight is 235 g/mol. The Hall–Kier alpha value is -1.35. The minimum atomic E-state index is 0.527. The van der Waals surface area contributed by atoms with Gasteiger partial charge in [0, 0.05) is 13.1 Å². The lowest BCUT2D eigenvalue weighted by molar-refractivity contribution is 0.327. The molecule has 0 aliphatic heterocycles. The highest BCUT2D eigenvalue weighted by atomic mass is 32.1. The zero-order valence-electron chi connectivity index (χ0n) is 9.72. The van der Waals surface area contributed by atoms with Gasteiger partial charge in [-0.1, -0.05) is 30.4 Å². The number of allylic oxidation sites excluding steroid dienone is 7. The number of thiocarbonyl (C=S) groups is 1. The van der Waals surface area contributed by atoms with Gasteiger partial charge in [0.05, 0.1) is 0 Å². The quantitative estimate of drug-likeness (QED) is 0.697. The van der Waals surface area contributed by atoms with Gasteiger partial charge in [-0.15, -0.1) is 0 Å². The van der Waals surface area contributed by atoms with Crippen LogP contribution in [0.3, 0.4) is 0 Å². The highest BCUT2D eigenvalue weighted by Crippen LogP contribution is 2.07. The summed E-state index contributed by atoms with van der Waals surface area (Å²) < 4.78 is 5.62. The van der Waals surface area contributed by atoms with Gasteiger partial charge in [-0.3, -0.25) is 0 Å². The van der Waals surface area contributed by atoms with Crippen molar-refractivity contribution in [3.8, 4) is 0 Å². The lowest BCUT2D eigenvalue weighted by Gasteiger charge is -2.21. The molecule has 0 aromatic rings. The van der Waals surface area contributed by atoms with E-state index in [2.05, 4.69) is 13.8 Å². The van der Waals surface area contributed by atoms with Crippen LogP contribution in [0.1, 0.15) is 13.8 Å². The minimum Gasteiger partial charge on any atom is -0.432 e. The Kier molecular flexibility index (Phi) is 5.57. The van der Waals surface area contributed by atoms with E-state index in [4.69, 9.17) is 17.0 Å². The smallest absolute Gasteiger partial charge is 0.264 e. The van der Waals surface area contributed by atoms with Gasteiger partial charge in [-0.25, -0.2) is 0 Å². The molecule has 0 aromatic carbocycles. The van der Waals surface area contributed by atoms with Gasteiger partial charge in [-0.2, -0.15) is 0 Å². The van der Waals surface area contributed by atoms with E-state index in [9.17, 15) is 0 Å². The molecule has 0 saturated heterocycles. The first kappa shape index (κ1) is 12.7. The lowest BCUT2D eigenvalue weighted by Crippen LogP contribution is -2.30. The van der Waals surface area contributed by atoms with E-state index in [-0.39, 0.29) is 0 Å². The van der Waals surface area contributed by atoms with Crippen molar-refractivity contribution in [1.82, 2.24) is 4.90 Å². The molecule has 2 nitrogen and oxygen atoms in total. The van der Waals surface area contributed by atoms with Crippen molar-refractivity contribution in [3.05, 3.63) is 48.3 Å². The van der Waals surface area contributed by atoms with Crippen LogP contribution in [0.5, 0.6) is 0 Å². The second-order valence-electron chi connectivity index (χ2n) is 3.24. The Morgan fingerprint density at radius 1 is 1.12 bits per heavy atom. The number of ether oxygens (including phenoxy) is 1. The van der Waals surface area contributed by atoms with E-state index < -0.39 is 0 Å². The molecule has 0 aromatic heterocycles. The Morgan fingerprint density at radius 3 is 2.44 bits per heavy atom. The predicted molar refractivity (Wildman–Crippen MR) is 72.1 cm³/mol. The summed E-state index contributed by atoms with van der Waals surface area (Å²) in [6.45, 7) is 5.85. The van der Waals surface area contributed by atoms with Gasteiger partial charge in [0.25, 0.3) is 5.17 Å². The molecule has 1 aliphatic carbocycles. The van der Waals surface area contributed by atoms with Crippen molar-refractivity contribution < 1.29 is 4.74 Å². The van der Waals surface area contributed by atoms with Crippen LogP contribution in [0.4, 0.5) is 0 Å².